The van der Waals surface area contributed by atoms with Gasteiger partial charge in [-0.2, -0.15) is 0 Å². The largest absolute Gasteiger partial charge is 0.349 e. The molecule has 3 amide bonds. The molecule has 1 heterocycles. The van der Waals surface area contributed by atoms with Gasteiger partial charge in [-0.05, 0) is 56.5 Å². The molecule has 2 atom stereocenters. The lowest BCUT2D eigenvalue weighted by molar-refractivity contribution is 0.0914. The Morgan fingerprint density at radius 3 is 2.67 bits per heavy atom. The Labute approximate surface area is 148 Å². The summed E-state index contributed by atoms with van der Waals surface area (Å²) in [6.45, 7) is 3.99. The highest BCUT2D eigenvalue weighted by molar-refractivity contribution is 5.97. The molecule has 1 aromatic carbocycles. The van der Waals surface area contributed by atoms with Gasteiger partial charge in [-0.3, -0.25) is 4.79 Å². The van der Waals surface area contributed by atoms with E-state index in [1.807, 2.05) is 0 Å². The third-order valence-electron chi connectivity index (χ3n) is 4.40. The van der Waals surface area contributed by atoms with Gasteiger partial charge in [0.1, 0.15) is 0 Å². The van der Waals surface area contributed by atoms with Crippen LogP contribution in [0.5, 0.6) is 0 Å². The Balaban J connectivity index is 0.00000208. The van der Waals surface area contributed by atoms with E-state index in [0.29, 0.717) is 23.2 Å². The van der Waals surface area contributed by atoms with E-state index in [1.54, 1.807) is 24.3 Å². The Hall–Kier alpha value is -1.79. The highest BCUT2D eigenvalue weighted by Crippen LogP contribution is 2.19. The second kappa shape index (κ2) is 8.35. The molecule has 2 fully saturated rings. The maximum absolute atomic E-state index is 12.4. The average molecular weight is 353 g/mol. The van der Waals surface area contributed by atoms with Gasteiger partial charge < -0.3 is 21.3 Å². The summed E-state index contributed by atoms with van der Waals surface area (Å²) in [5.41, 5.74) is 1.20. The van der Waals surface area contributed by atoms with Crippen molar-refractivity contribution in [2.24, 2.45) is 5.92 Å². The number of halogens is 1. The second-order valence-electron chi connectivity index (χ2n) is 6.50. The Kier molecular flexibility index (Phi) is 6.45. The van der Waals surface area contributed by atoms with Crippen LogP contribution in [-0.4, -0.2) is 37.1 Å². The summed E-state index contributed by atoms with van der Waals surface area (Å²) in [5, 5.41) is 12.1. The molecule has 1 aliphatic carbocycles. The van der Waals surface area contributed by atoms with Crippen molar-refractivity contribution in [3.8, 4) is 0 Å². The summed E-state index contributed by atoms with van der Waals surface area (Å²) in [6, 6.07) is 7.35. The zero-order chi connectivity index (χ0) is 16.2. The summed E-state index contributed by atoms with van der Waals surface area (Å²) < 4.78 is 0. The fourth-order valence-electron chi connectivity index (χ4n) is 2.80. The lowest BCUT2D eigenvalue weighted by atomic mass is 9.95. The van der Waals surface area contributed by atoms with Gasteiger partial charge in [0.05, 0.1) is 0 Å². The normalized spacial score (nSPS) is 22.9. The van der Waals surface area contributed by atoms with E-state index < -0.39 is 0 Å². The number of benzene rings is 1. The molecule has 6 nitrogen and oxygen atoms in total. The first-order valence-corrected chi connectivity index (χ1v) is 8.31. The molecule has 2 unspecified atom stereocenters. The number of carbonyl (C=O) groups excluding carboxylic acids is 2. The number of amides is 3. The van der Waals surface area contributed by atoms with Crippen LogP contribution in [-0.2, 0) is 0 Å². The van der Waals surface area contributed by atoms with E-state index in [1.165, 1.54) is 0 Å². The van der Waals surface area contributed by atoms with Crippen LogP contribution in [0.1, 0.15) is 36.5 Å². The zero-order valence-electron chi connectivity index (χ0n) is 13.8. The zero-order valence-corrected chi connectivity index (χ0v) is 14.6. The Bertz CT molecular complexity index is 592. The maximum Gasteiger partial charge on any atom is 0.319 e. The van der Waals surface area contributed by atoms with Crippen molar-refractivity contribution in [1.29, 1.82) is 0 Å². The summed E-state index contributed by atoms with van der Waals surface area (Å²) in [4.78, 5) is 24.2. The highest BCUT2D eigenvalue weighted by Gasteiger charge is 2.24. The third kappa shape index (κ3) is 5.11. The van der Waals surface area contributed by atoms with Gasteiger partial charge in [-0.15, -0.1) is 12.4 Å². The molecule has 0 bridgehead atoms. The predicted molar refractivity (Wildman–Crippen MR) is 96.8 cm³/mol. The van der Waals surface area contributed by atoms with Gasteiger partial charge in [0.15, 0.2) is 0 Å². The fraction of sp³-hybridized carbons (Fsp3) is 0.529. The minimum atomic E-state index is -0.211. The molecule has 1 saturated carbocycles. The van der Waals surface area contributed by atoms with Crippen LogP contribution >= 0.6 is 12.4 Å². The number of urea groups is 1. The van der Waals surface area contributed by atoms with Gasteiger partial charge >= 0.3 is 6.03 Å². The summed E-state index contributed by atoms with van der Waals surface area (Å²) >= 11 is 0. The van der Waals surface area contributed by atoms with Crippen molar-refractivity contribution in [1.82, 2.24) is 16.0 Å². The number of hydrogen-bond donors (Lipinski definition) is 4. The first kappa shape index (κ1) is 18.5. The van der Waals surface area contributed by atoms with Crippen molar-refractivity contribution in [2.75, 3.05) is 18.4 Å². The quantitative estimate of drug-likeness (QED) is 0.670. The molecule has 2 aliphatic rings. The number of hydrogen-bond acceptors (Lipinski definition) is 3. The molecule has 1 saturated heterocycles. The molecule has 0 spiro atoms. The van der Waals surface area contributed by atoms with E-state index in [4.69, 9.17) is 0 Å². The second-order valence-corrected chi connectivity index (χ2v) is 6.50. The van der Waals surface area contributed by atoms with E-state index >= 15 is 0 Å². The minimum absolute atomic E-state index is 0. The van der Waals surface area contributed by atoms with E-state index in [2.05, 4.69) is 28.2 Å². The third-order valence-corrected chi connectivity index (χ3v) is 4.40. The van der Waals surface area contributed by atoms with Crippen LogP contribution in [0.15, 0.2) is 24.3 Å². The van der Waals surface area contributed by atoms with Crippen LogP contribution in [0, 0.1) is 5.92 Å². The van der Waals surface area contributed by atoms with E-state index in [9.17, 15) is 9.59 Å². The first-order valence-electron chi connectivity index (χ1n) is 8.31. The number of piperidine rings is 1. The molecule has 0 radical (unpaired) electrons. The number of rotatable bonds is 4. The lowest BCUT2D eigenvalue weighted by Gasteiger charge is -2.30. The van der Waals surface area contributed by atoms with Gasteiger partial charge in [-0.1, -0.05) is 13.0 Å². The van der Waals surface area contributed by atoms with Crippen molar-refractivity contribution < 1.29 is 9.59 Å². The number of carbonyl (C=O) groups is 2. The summed E-state index contributed by atoms with van der Waals surface area (Å²) in [6.07, 6.45) is 3.03. The molecule has 3 rings (SSSR count). The smallest absolute Gasteiger partial charge is 0.319 e. The minimum Gasteiger partial charge on any atom is -0.349 e. The SMILES string of the molecule is CC1CNCCC1NC(=O)c1cccc(NC(=O)NC2CC2)c1.Cl. The maximum atomic E-state index is 12.4. The molecular formula is C17H25ClN4O2. The van der Waals surface area contributed by atoms with Crippen LogP contribution in [0.2, 0.25) is 0 Å². The van der Waals surface area contributed by atoms with Crippen molar-refractivity contribution in [3.05, 3.63) is 29.8 Å². The van der Waals surface area contributed by atoms with Gasteiger partial charge in [-0.25, -0.2) is 4.79 Å². The van der Waals surface area contributed by atoms with E-state index in [-0.39, 0.29) is 30.4 Å². The highest BCUT2D eigenvalue weighted by atomic mass is 35.5. The Morgan fingerprint density at radius 2 is 1.96 bits per heavy atom. The molecular weight excluding hydrogens is 328 g/mol. The van der Waals surface area contributed by atoms with Crippen molar-refractivity contribution in [3.63, 3.8) is 0 Å². The molecule has 7 heteroatoms. The lowest BCUT2D eigenvalue weighted by Crippen LogP contribution is -2.48. The molecule has 0 aromatic heterocycles. The molecule has 4 N–H and O–H groups in total. The van der Waals surface area contributed by atoms with Gasteiger partial charge in [0, 0.05) is 23.3 Å². The first-order chi connectivity index (χ1) is 11.1. The monoisotopic (exact) mass is 352 g/mol. The predicted octanol–water partition coefficient (Wildman–Crippen LogP) is 2.12. The van der Waals surface area contributed by atoms with E-state index in [0.717, 1.165) is 32.4 Å². The fourth-order valence-corrected chi connectivity index (χ4v) is 2.80. The molecule has 24 heavy (non-hydrogen) atoms. The summed E-state index contributed by atoms with van der Waals surface area (Å²) in [5.74, 6) is 0.327. The summed E-state index contributed by atoms with van der Waals surface area (Å²) in [7, 11) is 0. The molecule has 132 valence electrons. The van der Waals surface area contributed by atoms with Crippen LogP contribution in [0.4, 0.5) is 10.5 Å². The number of anilines is 1. The van der Waals surface area contributed by atoms with Gasteiger partial charge in [0.25, 0.3) is 5.91 Å². The molecule has 1 aliphatic heterocycles. The average Bonchev–Trinajstić information content (AvgIpc) is 3.33. The van der Waals surface area contributed by atoms with Crippen LogP contribution in [0.25, 0.3) is 0 Å². The standard InChI is InChI=1S/C17H24N4O2.ClH/c1-11-10-18-8-7-15(11)21-16(22)12-3-2-4-14(9-12)20-17(23)19-13-5-6-13;/h2-4,9,11,13,15,18H,5-8,10H2,1H3,(H,21,22)(H2,19,20,23);1H. The molecule has 1 aromatic rings. The topological polar surface area (TPSA) is 82.3 Å². The van der Waals surface area contributed by atoms with Crippen molar-refractivity contribution in [2.45, 2.75) is 38.3 Å². The number of nitrogens with one attached hydrogen (secondary N) is 4. The van der Waals surface area contributed by atoms with Crippen LogP contribution in [0.3, 0.4) is 0 Å². The van der Waals surface area contributed by atoms with Gasteiger partial charge in [0.2, 0.25) is 0 Å². The van der Waals surface area contributed by atoms with Crippen molar-refractivity contribution >= 4 is 30.0 Å². The van der Waals surface area contributed by atoms with Crippen LogP contribution < -0.4 is 21.3 Å². The Morgan fingerprint density at radius 1 is 1.17 bits per heavy atom.